The summed E-state index contributed by atoms with van der Waals surface area (Å²) >= 11 is 3.32. The molecule has 0 atom stereocenters. The molecule has 1 amide bonds. The van der Waals surface area contributed by atoms with E-state index in [0.717, 1.165) is 11.9 Å². The van der Waals surface area contributed by atoms with Gasteiger partial charge in [-0.3, -0.25) is 14.4 Å². The fraction of sp³-hybridized carbons (Fsp3) is 0.250. The van der Waals surface area contributed by atoms with Gasteiger partial charge in [0.1, 0.15) is 17.3 Å². The van der Waals surface area contributed by atoms with Crippen LogP contribution in [0.25, 0.3) is 0 Å². The lowest BCUT2D eigenvalue weighted by Gasteiger charge is -2.26. The predicted molar refractivity (Wildman–Crippen MR) is 70.7 cm³/mol. The first-order chi connectivity index (χ1) is 9.19. The molecule has 98 valence electrons. The smallest absolute Gasteiger partial charge is 0.277 e. The molecule has 0 N–H and O–H groups in total. The average Bonchev–Trinajstić information content (AvgIpc) is 2.85. The third-order valence-electron chi connectivity index (χ3n) is 2.96. The number of hydrogen-bond acceptors (Lipinski definition) is 3. The molecule has 0 fully saturated rings. The molecule has 7 heteroatoms. The summed E-state index contributed by atoms with van der Waals surface area (Å²) in [6, 6.07) is 4.56. The van der Waals surface area contributed by atoms with Crippen LogP contribution in [0.5, 0.6) is 0 Å². The molecule has 2 aromatic heterocycles. The lowest BCUT2D eigenvalue weighted by molar-refractivity contribution is 0.0961. The summed E-state index contributed by atoms with van der Waals surface area (Å²) in [5.41, 5.74) is 1.35. The van der Waals surface area contributed by atoms with Gasteiger partial charge in [0.2, 0.25) is 0 Å². The van der Waals surface area contributed by atoms with E-state index in [1.807, 2.05) is 0 Å². The maximum Gasteiger partial charge on any atom is 0.277 e. The second-order valence-electron chi connectivity index (χ2n) is 4.17. The molecule has 0 radical (unpaired) electrons. The van der Waals surface area contributed by atoms with E-state index in [0.29, 0.717) is 29.9 Å². The molecule has 0 saturated heterocycles. The van der Waals surface area contributed by atoms with E-state index in [9.17, 15) is 9.18 Å². The Morgan fingerprint density at radius 1 is 1.37 bits per heavy atom. The van der Waals surface area contributed by atoms with Gasteiger partial charge < -0.3 is 0 Å². The number of fused-ring (bicyclic) bond motifs is 1. The van der Waals surface area contributed by atoms with Gasteiger partial charge in [0, 0.05) is 11.9 Å². The first-order valence-corrected chi connectivity index (χ1v) is 6.87. The number of pyridine rings is 1. The molecule has 3 rings (SSSR count). The minimum Gasteiger partial charge on any atom is -0.289 e. The highest BCUT2D eigenvalue weighted by molar-refractivity contribution is 9.08. The van der Waals surface area contributed by atoms with Crippen molar-refractivity contribution in [3.63, 3.8) is 0 Å². The van der Waals surface area contributed by atoms with Gasteiger partial charge in [-0.2, -0.15) is 5.10 Å². The topological polar surface area (TPSA) is 51.0 Å². The molecule has 5 nitrogen and oxygen atoms in total. The van der Waals surface area contributed by atoms with Gasteiger partial charge >= 0.3 is 0 Å². The van der Waals surface area contributed by atoms with Gasteiger partial charge in [-0.05, 0) is 18.2 Å². The standard InChI is InChI=1S/C12H10BrFN4O/c13-6-9-5-10-12(19)17(3-4-18(10)16-9)11-2-1-8(14)7-15-11/h1-2,5,7H,3-4,6H2. The molecule has 0 aliphatic carbocycles. The highest BCUT2D eigenvalue weighted by Crippen LogP contribution is 2.20. The predicted octanol–water partition coefficient (Wildman–Crippen LogP) is 1.97. The van der Waals surface area contributed by atoms with Crippen molar-refractivity contribution < 1.29 is 9.18 Å². The Bertz CT molecular complexity index is 625. The largest absolute Gasteiger partial charge is 0.289 e. The second kappa shape index (κ2) is 4.73. The Labute approximate surface area is 117 Å². The summed E-state index contributed by atoms with van der Waals surface area (Å²) < 4.78 is 14.5. The number of halogens is 2. The van der Waals surface area contributed by atoms with Crippen LogP contribution in [0.3, 0.4) is 0 Å². The van der Waals surface area contributed by atoms with Crippen molar-refractivity contribution in [1.82, 2.24) is 14.8 Å². The van der Waals surface area contributed by atoms with Gasteiger partial charge in [-0.1, -0.05) is 15.9 Å². The highest BCUT2D eigenvalue weighted by Gasteiger charge is 2.27. The molecule has 2 aromatic rings. The number of anilines is 1. The third-order valence-corrected chi connectivity index (χ3v) is 3.53. The third kappa shape index (κ3) is 2.14. The van der Waals surface area contributed by atoms with E-state index in [1.165, 1.54) is 17.0 Å². The summed E-state index contributed by atoms with van der Waals surface area (Å²) in [7, 11) is 0. The van der Waals surface area contributed by atoms with Crippen molar-refractivity contribution in [1.29, 1.82) is 0 Å². The Morgan fingerprint density at radius 2 is 2.21 bits per heavy atom. The van der Waals surface area contributed by atoms with Crippen molar-refractivity contribution in [2.45, 2.75) is 11.9 Å². The molecule has 0 bridgehead atoms. The quantitative estimate of drug-likeness (QED) is 0.794. The van der Waals surface area contributed by atoms with Crippen molar-refractivity contribution in [2.75, 3.05) is 11.4 Å². The van der Waals surface area contributed by atoms with Crippen LogP contribution in [-0.2, 0) is 11.9 Å². The SMILES string of the molecule is O=C1c2cc(CBr)nn2CCN1c1ccc(F)cn1. The first kappa shape index (κ1) is 12.3. The molecule has 0 spiro atoms. The molecule has 0 unspecified atom stereocenters. The van der Waals surface area contributed by atoms with Crippen LogP contribution in [0.15, 0.2) is 24.4 Å². The molecule has 19 heavy (non-hydrogen) atoms. The van der Waals surface area contributed by atoms with Gasteiger partial charge in [-0.15, -0.1) is 0 Å². The number of nitrogens with zero attached hydrogens (tertiary/aromatic N) is 4. The van der Waals surface area contributed by atoms with Crippen LogP contribution >= 0.6 is 15.9 Å². The summed E-state index contributed by atoms with van der Waals surface area (Å²) in [5, 5.41) is 4.91. The zero-order valence-corrected chi connectivity index (χ0v) is 11.5. The normalized spacial score (nSPS) is 14.6. The van der Waals surface area contributed by atoms with Crippen LogP contribution in [0.4, 0.5) is 10.2 Å². The Hall–Kier alpha value is -1.76. The van der Waals surface area contributed by atoms with E-state index in [1.54, 1.807) is 10.7 Å². The number of carbonyl (C=O) groups excluding carboxylic acids is 1. The number of amides is 1. The maximum atomic E-state index is 12.9. The van der Waals surface area contributed by atoms with Crippen LogP contribution in [0.1, 0.15) is 16.2 Å². The summed E-state index contributed by atoms with van der Waals surface area (Å²) in [5.74, 6) is -0.121. The number of carbonyl (C=O) groups is 1. The fourth-order valence-electron chi connectivity index (χ4n) is 2.06. The van der Waals surface area contributed by atoms with Crippen LogP contribution in [-0.4, -0.2) is 27.2 Å². The van der Waals surface area contributed by atoms with Gasteiger partial charge in [0.25, 0.3) is 5.91 Å². The molecular weight excluding hydrogens is 315 g/mol. The lowest BCUT2D eigenvalue weighted by Crippen LogP contribution is -2.40. The summed E-state index contributed by atoms with van der Waals surface area (Å²) in [6.45, 7) is 1.08. The van der Waals surface area contributed by atoms with Gasteiger partial charge in [-0.25, -0.2) is 9.37 Å². The van der Waals surface area contributed by atoms with Crippen LogP contribution in [0, 0.1) is 5.82 Å². The number of rotatable bonds is 2. The zero-order chi connectivity index (χ0) is 13.4. The fourth-order valence-corrected chi connectivity index (χ4v) is 2.33. The second-order valence-corrected chi connectivity index (χ2v) is 4.73. The lowest BCUT2D eigenvalue weighted by atomic mass is 10.2. The van der Waals surface area contributed by atoms with Crippen molar-refractivity contribution in [2.24, 2.45) is 0 Å². The van der Waals surface area contributed by atoms with E-state index in [4.69, 9.17) is 0 Å². The maximum absolute atomic E-state index is 12.9. The van der Waals surface area contributed by atoms with Crippen molar-refractivity contribution in [3.8, 4) is 0 Å². The Balaban J connectivity index is 1.94. The molecule has 1 aliphatic heterocycles. The van der Waals surface area contributed by atoms with Crippen molar-refractivity contribution in [3.05, 3.63) is 41.6 Å². The number of aromatic nitrogens is 3. The monoisotopic (exact) mass is 324 g/mol. The molecule has 0 saturated carbocycles. The van der Waals surface area contributed by atoms with Crippen LogP contribution < -0.4 is 4.90 Å². The van der Waals surface area contributed by atoms with E-state index < -0.39 is 5.82 Å². The Kier molecular flexibility index (Phi) is 3.06. The first-order valence-electron chi connectivity index (χ1n) is 5.75. The molecular formula is C12H10BrFN4O. The average molecular weight is 325 g/mol. The van der Waals surface area contributed by atoms with Crippen LogP contribution in [0.2, 0.25) is 0 Å². The Morgan fingerprint density at radius 3 is 2.89 bits per heavy atom. The van der Waals surface area contributed by atoms with E-state index in [2.05, 4.69) is 26.0 Å². The van der Waals surface area contributed by atoms with E-state index in [-0.39, 0.29) is 5.91 Å². The number of alkyl halides is 1. The highest BCUT2D eigenvalue weighted by atomic mass is 79.9. The molecule has 1 aliphatic rings. The van der Waals surface area contributed by atoms with Crippen molar-refractivity contribution >= 4 is 27.7 Å². The minimum absolute atomic E-state index is 0.162. The molecule has 3 heterocycles. The number of hydrogen-bond donors (Lipinski definition) is 0. The van der Waals surface area contributed by atoms with Gasteiger partial charge in [0.05, 0.1) is 18.4 Å². The summed E-state index contributed by atoms with van der Waals surface area (Å²) in [4.78, 5) is 17.8. The van der Waals surface area contributed by atoms with E-state index >= 15 is 0 Å². The molecule has 0 aromatic carbocycles. The summed E-state index contributed by atoms with van der Waals surface area (Å²) in [6.07, 6.45) is 1.11. The minimum atomic E-state index is -0.417. The zero-order valence-electron chi connectivity index (χ0n) is 9.88. The van der Waals surface area contributed by atoms with Gasteiger partial charge in [0.15, 0.2) is 0 Å².